The van der Waals surface area contributed by atoms with Crippen molar-refractivity contribution in [1.29, 1.82) is 5.26 Å². The summed E-state index contributed by atoms with van der Waals surface area (Å²) in [5.41, 5.74) is 0.947. The highest BCUT2D eigenvalue weighted by molar-refractivity contribution is 9.09. The van der Waals surface area contributed by atoms with Gasteiger partial charge in [-0.15, -0.1) is 0 Å². The van der Waals surface area contributed by atoms with E-state index < -0.39 is 0 Å². The van der Waals surface area contributed by atoms with E-state index in [1.54, 1.807) is 24.3 Å². The van der Waals surface area contributed by atoms with Crippen molar-refractivity contribution in [1.82, 2.24) is 5.32 Å². The molecule has 0 saturated heterocycles. The summed E-state index contributed by atoms with van der Waals surface area (Å²) in [6, 6.07) is 8.70. The maximum absolute atomic E-state index is 12.1. The lowest BCUT2D eigenvalue weighted by Gasteiger charge is -2.29. The van der Waals surface area contributed by atoms with Crippen LogP contribution in [0, 0.1) is 11.3 Å². The smallest absolute Gasteiger partial charge is 0.251 e. The monoisotopic (exact) mass is 308 g/mol. The number of hydrogen-bond acceptors (Lipinski definition) is 2. The van der Waals surface area contributed by atoms with E-state index in [0.29, 0.717) is 11.1 Å². The molecule has 1 rings (SSSR count). The van der Waals surface area contributed by atoms with Crippen LogP contribution in [0.5, 0.6) is 0 Å². The fourth-order valence-electron chi connectivity index (χ4n) is 1.58. The largest absolute Gasteiger partial charge is 0.347 e. The molecule has 0 bridgehead atoms. The second-order valence-electron chi connectivity index (χ2n) is 4.50. The van der Waals surface area contributed by atoms with Crippen LogP contribution in [0.2, 0.25) is 0 Å². The summed E-state index contributed by atoms with van der Waals surface area (Å²) in [6.45, 7) is 4.09. The van der Waals surface area contributed by atoms with Gasteiger partial charge < -0.3 is 5.32 Å². The van der Waals surface area contributed by atoms with Gasteiger partial charge >= 0.3 is 0 Å². The molecule has 1 aromatic carbocycles. The first kappa shape index (κ1) is 14.7. The minimum Gasteiger partial charge on any atom is -0.347 e. The number of carbonyl (C=O) groups excluding carboxylic acids is 1. The number of nitrogens with zero attached hydrogens (tertiary/aromatic N) is 1. The second kappa shape index (κ2) is 6.55. The molecule has 4 heteroatoms. The topological polar surface area (TPSA) is 52.9 Å². The molecule has 0 spiro atoms. The van der Waals surface area contributed by atoms with Gasteiger partial charge in [-0.05, 0) is 44.0 Å². The number of halogens is 1. The average Bonchev–Trinajstić information content (AvgIpc) is 2.39. The van der Waals surface area contributed by atoms with Gasteiger partial charge in [0.1, 0.15) is 0 Å². The first-order valence-electron chi connectivity index (χ1n) is 5.93. The number of nitriles is 1. The highest BCUT2D eigenvalue weighted by atomic mass is 79.9. The van der Waals surface area contributed by atoms with Crippen LogP contribution in [0.15, 0.2) is 24.3 Å². The summed E-state index contributed by atoms with van der Waals surface area (Å²) >= 11 is 3.40. The Labute approximate surface area is 116 Å². The Bertz CT molecular complexity index is 450. The third-order valence-electron chi connectivity index (χ3n) is 3.12. The molecule has 0 aliphatic rings. The Morgan fingerprint density at radius 1 is 1.44 bits per heavy atom. The Morgan fingerprint density at radius 3 is 2.50 bits per heavy atom. The molecule has 1 atom stereocenters. The van der Waals surface area contributed by atoms with Gasteiger partial charge in [0.25, 0.3) is 5.91 Å². The molecule has 1 unspecified atom stereocenters. The summed E-state index contributed by atoms with van der Waals surface area (Å²) in [6.07, 6.45) is 1.76. The van der Waals surface area contributed by atoms with E-state index in [4.69, 9.17) is 5.26 Å². The van der Waals surface area contributed by atoms with Crippen molar-refractivity contribution >= 4 is 21.8 Å². The molecule has 0 aliphatic heterocycles. The Balaban J connectivity index is 2.78. The molecule has 0 saturated carbocycles. The molecule has 0 fully saturated rings. The van der Waals surface area contributed by atoms with Crippen molar-refractivity contribution in [3.63, 3.8) is 0 Å². The quantitative estimate of drug-likeness (QED) is 0.849. The van der Waals surface area contributed by atoms with E-state index in [0.717, 1.165) is 18.2 Å². The molecule has 3 nitrogen and oxygen atoms in total. The van der Waals surface area contributed by atoms with Crippen molar-refractivity contribution in [2.45, 2.75) is 32.2 Å². The van der Waals surface area contributed by atoms with Gasteiger partial charge in [-0.1, -0.05) is 22.9 Å². The first-order valence-corrected chi connectivity index (χ1v) is 7.05. The van der Waals surface area contributed by atoms with Crippen molar-refractivity contribution in [3.05, 3.63) is 35.4 Å². The number of rotatable bonds is 5. The standard InChI is InChI=1S/C14H17BrN2O/c1-3-14(2,8-9-15)17-13(18)12-6-4-11(10-16)5-7-12/h4-7H,3,8-9H2,1-2H3,(H,17,18). The fourth-order valence-corrected chi connectivity index (χ4v) is 2.45. The van der Waals surface area contributed by atoms with Crippen LogP contribution in [-0.2, 0) is 0 Å². The molecule has 18 heavy (non-hydrogen) atoms. The number of alkyl halides is 1. The SMILES string of the molecule is CCC(C)(CCBr)NC(=O)c1ccc(C#N)cc1. The lowest BCUT2D eigenvalue weighted by Crippen LogP contribution is -2.45. The van der Waals surface area contributed by atoms with Crippen LogP contribution in [0.3, 0.4) is 0 Å². The maximum atomic E-state index is 12.1. The molecular weight excluding hydrogens is 292 g/mol. The minimum absolute atomic E-state index is 0.0928. The van der Waals surface area contributed by atoms with E-state index in [9.17, 15) is 4.79 Å². The van der Waals surface area contributed by atoms with Gasteiger partial charge in [0, 0.05) is 16.4 Å². The van der Waals surface area contributed by atoms with Gasteiger partial charge in [-0.3, -0.25) is 4.79 Å². The lowest BCUT2D eigenvalue weighted by molar-refractivity contribution is 0.0902. The van der Waals surface area contributed by atoms with Crippen molar-refractivity contribution < 1.29 is 4.79 Å². The summed E-state index contributed by atoms with van der Waals surface area (Å²) in [4.78, 5) is 12.1. The highest BCUT2D eigenvalue weighted by Gasteiger charge is 2.23. The molecule has 1 amide bonds. The van der Waals surface area contributed by atoms with E-state index in [1.807, 2.05) is 13.0 Å². The summed E-state index contributed by atoms with van der Waals surface area (Å²) in [7, 11) is 0. The normalized spacial score (nSPS) is 13.4. The van der Waals surface area contributed by atoms with Crippen molar-refractivity contribution in [3.8, 4) is 6.07 Å². The van der Waals surface area contributed by atoms with Crippen LogP contribution in [0.1, 0.15) is 42.6 Å². The van der Waals surface area contributed by atoms with Crippen LogP contribution in [0.4, 0.5) is 0 Å². The van der Waals surface area contributed by atoms with Crippen LogP contribution in [0.25, 0.3) is 0 Å². The minimum atomic E-state index is -0.200. The Morgan fingerprint density at radius 2 is 2.06 bits per heavy atom. The molecule has 1 N–H and O–H groups in total. The highest BCUT2D eigenvalue weighted by Crippen LogP contribution is 2.17. The number of carbonyl (C=O) groups is 1. The van der Waals surface area contributed by atoms with Crippen LogP contribution >= 0.6 is 15.9 Å². The van der Waals surface area contributed by atoms with Gasteiger partial charge in [-0.2, -0.15) is 5.26 Å². The number of benzene rings is 1. The van der Waals surface area contributed by atoms with E-state index >= 15 is 0 Å². The molecule has 0 radical (unpaired) electrons. The molecule has 0 aromatic heterocycles. The average molecular weight is 309 g/mol. The molecule has 1 aromatic rings. The molecule has 96 valence electrons. The summed E-state index contributed by atoms with van der Waals surface area (Å²) < 4.78 is 0. The Kier molecular flexibility index (Phi) is 5.36. The predicted octanol–water partition coefficient (Wildman–Crippen LogP) is 3.24. The number of amides is 1. The third-order valence-corrected chi connectivity index (χ3v) is 3.51. The van der Waals surface area contributed by atoms with E-state index in [2.05, 4.69) is 28.2 Å². The van der Waals surface area contributed by atoms with E-state index in [1.165, 1.54) is 0 Å². The summed E-state index contributed by atoms with van der Waals surface area (Å²) in [5, 5.41) is 12.6. The zero-order valence-corrected chi connectivity index (χ0v) is 12.3. The van der Waals surface area contributed by atoms with Crippen molar-refractivity contribution in [2.24, 2.45) is 0 Å². The summed E-state index contributed by atoms with van der Waals surface area (Å²) in [5.74, 6) is -0.0928. The van der Waals surface area contributed by atoms with Crippen LogP contribution < -0.4 is 5.32 Å². The van der Waals surface area contributed by atoms with Gasteiger partial charge in [0.05, 0.1) is 11.6 Å². The van der Waals surface area contributed by atoms with E-state index in [-0.39, 0.29) is 11.4 Å². The predicted molar refractivity (Wildman–Crippen MR) is 75.7 cm³/mol. The maximum Gasteiger partial charge on any atom is 0.251 e. The zero-order valence-electron chi connectivity index (χ0n) is 10.7. The molecule has 0 heterocycles. The number of hydrogen-bond donors (Lipinski definition) is 1. The third kappa shape index (κ3) is 3.85. The fraction of sp³-hybridized carbons (Fsp3) is 0.429. The number of nitrogens with one attached hydrogen (secondary N) is 1. The lowest BCUT2D eigenvalue weighted by atomic mass is 9.95. The van der Waals surface area contributed by atoms with Crippen molar-refractivity contribution in [2.75, 3.05) is 5.33 Å². The zero-order chi connectivity index (χ0) is 13.6. The second-order valence-corrected chi connectivity index (χ2v) is 5.29. The van der Waals surface area contributed by atoms with Gasteiger partial charge in [0.2, 0.25) is 0 Å². The molecular formula is C14H17BrN2O. The first-order chi connectivity index (χ1) is 8.54. The molecule has 0 aliphatic carbocycles. The van der Waals surface area contributed by atoms with Gasteiger partial charge in [0.15, 0.2) is 0 Å². The van der Waals surface area contributed by atoms with Crippen LogP contribution in [-0.4, -0.2) is 16.8 Å². The Hall–Kier alpha value is -1.34. The van der Waals surface area contributed by atoms with Gasteiger partial charge in [-0.25, -0.2) is 0 Å².